The lowest BCUT2D eigenvalue weighted by Crippen LogP contribution is -2.40. The highest BCUT2D eigenvalue weighted by Crippen LogP contribution is 2.07. The summed E-state index contributed by atoms with van der Waals surface area (Å²) in [6.07, 6.45) is 7.51. The molecule has 1 N–H and O–H groups in total. The van der Waals surface area contributed by atoms with Crippen LogP contribution >= 0.6 is 11.6 Å². The standard InChI is InChI=1S/C15H28ClNO4/c1-3-4-5-6-7-8-9-11-20-14(18)13(2)17-15(19)21-12-10-16/h13H,3-12H2,1-2H3,(H,17,19). The van der Waals surface area contributed by atoms with E-state index in [4.69, 9.17) is 21.1 Å². The maximum Gasteiger partial charge on any atom is 0.407 e. The van der Waals surface area contributed by atoms with Gasteiger partial charge >= 0.3 is 12.1 Å². The molecule has 124 valence electrons. The van der Waals surface area contributed by atoms with Crippen molar-refractivity contribution in [2.24, 2.45) is 0 Å². The number of alkyl carbamates (subject to hydrolysis) is 1. The molecule has 0 aromatic rings. The average Bonchev–Trinajstić information content (AvgIpc) is 2.47. The van der Waals surface area contributed by atoms with Gasteiger partial charge in [-0.15, -0.1) is 11.6 Å². The van der Waals surface area contributed by atoms with Crippen molar-refractivity contribution in [1.82, 2.24) is 5.32 Å². The van der Waals surface area contributed by atoms with Crippen LogP contribution in [0.25, 0.3) is 0 Å². The highest BCUT2D eigenvalue weighted by Gasteiger charge is 2.17. The van der Waals surface area contributed by atoms with Crippen molar-refractivity contribution in [2.75, 3.05) is 19.1 Å². The minimum atomic E-state index is -0.711. The van der Waals surface area contributed by atoms with Crippen molar-refractivity contribution < 1.29 is 19.1 Å². The van der Waals surface area contributed by atoms with E-state index >= 15 is 0 Å². The molecule has 0 saturated carbocycles. The molecule has 0 rings (SSSR count). The van der Waals surface area contributed by atoms with Crippen molar-refractivity contribution in [3.05, 3.63) is 0 Å². The number of rotatable bonds is 12. The highest BCUT2D eigenvalue weighted by molar-refractivity contribution is 6.18. The Labute approximate surface area is 132 Å². The minimum absolute atomic E-state index is 0.118. The van der Waals surface area contributed by atoms with Crippen molar-refractivity contribution in [1.29, 1.82) is 0 Å². The quantitative estimate of drug-likeness (QED) is 0.338. The number of carbonyl (C=O) groups excluding carboxylic acids is 2. The van der Waals surface area contributed by atoms with Crippen LogP contribution in [0.15, 0.2) is 0 Å². The predicted molar refractivity (Wildman–Crippen MR) is 83.6 cm³/mol. The van der Waals surface area contributed by atoms with Gasteiger partial charge in [0.25, 0.3) is 0 Å². The van der Waals surface area contributed by atoms with E-state index in [1.807, 2.05) is 0 Å². The summed E-state index contributed by atoms with van der Waals surface area (Å²) in [7, 11) is 0. The van der Waals surface area contributed by atoms with Gasteiger partial charge in [-0.1, -0.05) is 45.4 Å². The second-order valence-corrected chi connectivity index (χ2v) is 5.36. The van der Waals surface area contributed by atoms with Gasteiger partial charge in [0.2, 0.25) is 0 Å². The van der Waals surface area contributed by atoms with E-state index in [0.29, 0.717) is 6.61 Å². The van der Waals surface area contributed by atoms with Gasteiger partial charge in [0.15, 0.2) is 0 Å². The Morgan fingerprint density at radius 2 is 1.62 bits per heavy atom. The molecule has 1 unspecified atom stereocenters. The molecule has 0 bridgehead atoms. The molecule has 0 aromatic carbocycles. The summed E-state index contributed by atoms with van der Waals surface area (Å²) in [5.74, 6) is -0.214. The molecule has 0 heterocycles. The first kappa shape index (κ1) is 20.0. The van der Waals surface area contributed by atoms with E-state index < -0.39 is 18.1 Å². The number of ether oxygens (including phenoxy) is 2. The third-order valence-corrected chi connectivity index (χ3v) is 3.14. The zero-order valence-electron chi connectivity index (χ0n) is 13.2. The second kappa shape index (κ2) is 14.0. The zero-order valence-corrected chi connectivity index (χ0v) is 13.9. The largest absolute Gasteiger partial charge is 0.464 e. The number of halogens is 1. The van der Waals surface area contributed by atoms with E-state index in [1.165, 1.54) is 32.1 Å². The van der Waals surface area contributed by atoms with Gasteiger partial charge in [0.05, 0.1) is 12.5 Å². The Morgan fingerprint density at radius 3 is 2.24 bits per heavy atom. The fraction of sp³-hybridized carbons (Fsp3) is 0.867. The number of alkyl halides is 1. The Hall–Kier alpha value is -0.970. The number of hydrogen-bond acceptors (Lipinski definition) is 4. The molecule has 0 aromatic heterocycles. The van der Waals surface area contributed by atoms with Gasteiger partial charge in [0, 0.05) is 0 Å². The molecule has 6 heteroatoms. The highest BCUT2D eigenvalue weighted by atomic mass is 35.5. The van der Waals surface area contributed by atoms with Crippen molar-refractivity contribution in [3.8, 4) is 0 Å². The molecule has 0 fully saturated rings. The number of unbranched alkanes of at least 4 members (excludes halogenated alkanes) is 6. The number of esters is 1. The number of amides is 1. The number of nitrogens with one attached hydrogen (secondary N) is 1. The van der Waals surface area contributed by atoms with E-state index in [9.17, 15) is 9.59 Å². The lowest BCUT2D eigenvalue weighted by Gasteiger charge is -2.13. The molecule has 0 aliphatic carbocycles. The molecular weight excluding hydrogens is 294 g/mol. The van der Waals surface area contributed by atoms with Crippen LogP contribution in [0.5, 0.6) is 0 Å². The van der Waals surface area contributed by atoms with Gasteiger partial charge in [0.1, 0.15) is 12.6 Å². The van der Waals surface area contributed by atoms with E-state index in [2.05, 4.69) is 12.2 Å². The predicted octanol–water partition coefficient (Wildman–Crippen LogP) is 3.63. The maximum absolute atomic E-state index is 11.6. The van der Waals surface area contributed by atoms with Crippen molar-refractivity contribution in [3.63, 3.8) is 0 Å². The smallest absolute Gasteiger partial charge is 0.407 e. The summed E-state index contributed by atoms with van der Waals surface area (Å²) < 4.78 is 9.81. The molecule has 21 heavy (non-hydrogen) atoms. The Kier molecular flexibility index (Phi) is 13.3. The van der Waals surface area contributed by atoms with Crippen LogP contribution in [-0.2, 0) is 14.3 Å². The van der Waals surface area contributed by atoms with Gasteiger partial charge in [-0.25, -0.2) is 9.59 Å². The summed E-state index contributed by atoms with van der Waals surface area (Å²) in [6, 6.07) is -0.711. The van der Waals surface area contributed by atoms with Crippen LogP contribution in [0.3, 0.4) is 0 Å². The average molecular weight is 322 g/mol. The van der Waals surface area contributed by atoms with Gasteiger partial charge in [-0.2, -0.15) is 0 Å². The molecule has 5 nitrogen and oxygen atoms in total. The Bertz CT molecular complexity index is 287. The molecule has 1 atom stereocenters. The fourth-order valence-electron chi connectivity index (χ4n) is 1.77. The second-order valence-electron chi connectivity index (χ2n) is 4.98. The topological polar surface area (TPSA) is 64.6 Å². The molecule has 0 spiro atoms. The Balaban J connectivity index is 3.53. The van der Waals surface area contributed by atoms with E-state index in [1.54, 1.807) is 6.92 Å². The summed E-state index contributed by atoms with van der Waals surface area (Å²) in [4.78, 5) is 22.8. The maximum atomic E-state index is 11.6. The lowest BCUT2D eigenvalue weighted by molar-refractivity contribution is -0.145. The van der Waals surface area contributed by atoms with Crippen LogP contribution in [-0.4, -0.2) is 37.2 Å². The normalized spacial score (nSPS) is 11.8. The summed E-state index contributed by atoms with van der Waals surface area (Å²) in [5.41, 5.74) is 0. The summed E-state index contributed by atoms with van der Waals surface area (Å²) in [6.45, 7) is 4.28. The van der Waals surface area contributed by atoms with E-state index in [-0.39, 0.29) is 12.5 Å². The first-order valence-corrected chi connectivity index (χ1v) is 8.31. The Morgan fingerprint density at radius 1 is 1.00 bits per heavy atom. The third-order valence-electron chi connectivity index (χ3n) is 2.99. The zero-order chi connectivity index (χ0) is 15.9. The summed E-state index contributed by atoms with van der Waals surface area (Å²) in [5, 5.41) is 2.40. The van der Waals surface area contributed by atoms with E-state index in [0.717, 1.165) is 12.8 Å². The lowest BCUT2D eigenvalue weighted by atomic mass is 10.1. The molecule has 0 radical (unpaired) electrons. The number of carbonyl (C=O) groups is 2. The van der Waals surface area contributed by atoms with Crippen molar-refractivity contribution in [2.45, 2.75) is 64.8 Å². The molecule has 0 aliphatic heterocycles. The molecule has 1 amide bonds. The van der Waals surface area contributed by atoms with Crippen LogP contribution < -0.4 is 5.32 Å². The first-order chi connectivity index (χ1) is 10.1. The molecule has 0 saturated heterocycles. The number of hydrogen-bond donors (Lipinski definition) is 1. The van der Waals surface area contributed by atoms with Crippen LogP contribution in [0.1, 0.15) is 58.8 Å². The fourth-order valence-corrected chi connectivity index (χ4v) is 1.84. The van der Waals surface area contributed by atoms with Crippen LogP contribution in [0, 0.1) is 0 Å². The monoisotopic (exact) mass is 321 g/mol. The summed E-state index contributed by atoms with van der Waals surface area (Å²) >= 11 is 5.39. The first-order valence-electron chi connectivity index (χ1n) is 7.77. The molecule has 0 aliphatic rings. The molecular formula is C15H28ClNO4. The van der Waals surface area contributed by atoms with Gasteiger partial charge in [-0.05, 0) is 13.3 Å². The van der Waals surface area contributed by atoms with Gasteiger partial charge < -0.3 is 14.8 Å². The van der Waals surface area contributed by atoms with Crippen LogP contribution in [0.4, 0.5) is 4.79 Å². The van der Waals surface area contributed by atoms with Gasteiger partial charge in [-0.3, -0.25) is 0 Å². The van der Waals surface area contributed by atoms with Crippen molar-refractivity contribution >= 4 is 23.7 Å². The van der Waals surface area contributed by atoms with Crippen LogP contribution in [0.2, 0.25) is 0 Å². The minimum Gasteiger partial charge on any atom is -0.464 e. The third kappa shape index (κ3) is 12.5. The SMILES string of the molecule is CCCCCCCCCOC(=O)C(C)NC(=O)OCCCl.